The molecule has 1 aromatic carbocycles. The average Bonchev–Trinajstić information content (AvgIpc) is 2.57. The molecule has 0 spiro atoms. The highest BCUT2D eigenvalue weighted by molar-refractivity contribution is 5.81. The summed E-state index contributed by atoms with van der Waals surface area (Å²) in [5.41, 5.74) is 4.77. The fraction of sp³-hybridized carbons (Fsp3) is 0.636. The van der Waals surface area contributed by atoms with Crippen molar-refractivity contribution in [2.24, 2.45) is 0 Å². The number of ether oxygens (including phenoxy) is 2. The van der Waals surface area contributed by atoms with E-state index in [9.17, 15) is 5.11 Å². The first-order chi connectivity index (χ1) is 12.3. The molecule has 144 valence electrons. The third-order valence-corrected chi connectivity index (χ3v) is 5.26. The first-order valence-electron chi connectivity index (χ1n) is 9.88. The Morgan fingerprint density at radius 2 is 1.96 bits per heavy atom. The van der Waals surface area contributed by atoms with Crippen molar-refractivity contribution in [2.75, 3.05) is 13.2 Å². The van der Waals surface area contributed by atoms with Gasteiger partial charge in [-0.15, -0.1) is 0 Å². The van der Waals surface area contributed by atoms with Gasteiger partial charge in [-0.1, -0.05) is 13.8 Å². The van der Waals surface area contributed by atoms with Gasteiger partial charge in [0.2, 0.25) is 0 Å². The van der Waals surface area contributed by atoms with Crippen LogP contribution < -0.4 is 14.8 Å². The summed E-state index contributed by atoms with van der Waals surface area (Å²) in [6.45, 7) is 11.3. The van der Waals surface area contributed by atoms with Crippen molar-refractivity contribution in [2.45, 2.75) is 78.0 Å². The molecule has 0 aromatic heterocycles. The Morgan fingerprint density at radius 3 is 2.69 bits per heavy atom. The van der Waals surface area contributed by atoms with Gasteiger partial charge in [0.1, 0.15) is 29.8 Å². The van der Waals surface area contributed by atoms with Gasteiger partial charge in [-0.3, -0.25) is 0 Å². The molecule has 0 radical (unpaired) electrons. The third kappa shape index (κ3) is 4.07. The summed E-state index contributed by atoms with van der Waals surface area (Å²) in [5.74, 6) is 1.76. The van der Waals surface area contributed by atoms with Crippen LogP contribution in [0.25, 0.3) is 5.57 Å². The van der Waals surface area contributed by atoms with Crippen LogP contribution in [0.4, 0.5) is 0 Å². The summed E-state index contributed by atoms with van der Waals surface area (Å²) in [7, 11) is 0. The zero-order chi connectivity index (χ0) is 18.9. The van der Waals surface area contributed by atoms with Crippen molar-refractivity contribution < 1.29 is 14.6 Å². The molecule has 0 bridgehead atoms. The fourth-order valence-corrected chi connectivity index (χ4v) is 4.01. The van der Waals surface area contributed by atoms with E-state index in [1.165, 1.54) is 24.0 Å². The van der Waals surface area contributed by atoms with E-state index in [2.05, 4.69) is 52.1 Å². The Hall–Kier alpha value is -1.52. The molecular formula is C22H33NO3. The van der Waals surface area contributed by atoms with Crippen molar-refractivity contribution in [1.82, 2.24) is 5.32 Å². The third-order valence-electron chi connectivity index (χ3n) is 5.26. The van der Waals surface area contributed by atoms with Crippen molar-refractivity contribution in [3.8, 4) is 11.5 Å². The van der Waals surface area contributed by atoms with Crippen molar-refractivity contribution >= 4 is 5.57 Å². The maximum atomic E-state index is 10.2. The van der Waals surface area contributed by atoms with Gasteiger partial charge in [0, 0.05) is 12.6 Å². The minimum absolute atomic E-state index is 0.255. The lowest BCUT2D eigenvalue weighted by Gasteiger charge is -2.40. The molecule has 2 aliphatic rings. The summed E-state index contributed by atoms with van der Waals surface area (Å²) in [6.07, 6.45) is 4.07. The zero-order valence-corrected chi connectivity index (χ0v) is 16.8. The van der Waals surface area contributed by atoms with Crippen LogP contribution in [0.3, 0.4) is 0 Å². The van der Waals surface area contributed by atoms with Crippen LogP contribution in [0, 0.1) is 6.92 Å². The maximum Gasteiger partial charge on any atom is 0.132 e. The van der Waals surface area contributed by atoms with E-state index in [1.54, 1.807) is 0 Å². The fourth-order valence-electron chi connectivity index (χ4n) is 4.01. The first kappa shape index (κ1) is 19.2. The monoisotopic (exact) mass is 359 g/mol. The lowest BCUT2D eigenvalue weighted by Crippen LogP contribution is -2.36. The first-order valence-corrected chi connectivity index (χ1v) is 9.88. The van der Waals surface area contributed by atoms with Gasteiger partial charge in [0.15, 0.2) is 0 Å². The molecule has 1 aliphatic carbocycles. The molecule has 0 saturated heterocycles. The smallest absolute Gasteiger partial charge is 0.132 e. The summed E-state index contributed by atoms with van der Waals surface area (Å²) in [4.78, 5) is 0. The van der Waals surface area contributed by atoms with E-state index in [1.807, 2.05) is 0 Å². The van der Waals surface area contributed by atoms with Gasteiger partial charge in [0.05, 0.1) is 5.56 Å². The number of allylic oxidation sites excluding steroid dienone is 1. The highest BCUT2D eigenvalue weighted by atomic mass is 16.5. The van der Waals surface area contributed by atoms with Gasteiger partial charge in [0.25, 0.3) is 0 Å². The van der Waals surface area contributed by atoms with Crippen molar-refractivity contribution in [3.05, 3.63) is 28.8 Å². The Bertz CT molecular complexity index is 691. The Kier molecular flexibility index (Phi) is 5.64. The van der Waals surface area contributed by atoms with E-state index in [4.69, 9.17) is 9.47 Å². The summed E-state index contributed by atoms with van der Waals surface area (Å²) >= 11 is 0. The number of hydrogen-bond acceptors (Lipinski definition) is 4. The van der Waals surface area contributed by atoms with Crippen LogP contribution >= 0.6 is 0 Å². The highest BCUT2D eigenvalue weighted by Crippen LogP contribution is 2.50. The SMILES string of the molecule is Cc1cc(OCC(O)CNC(C)C)c2c(c1)OC(C)(C)C1=C2CCCC1. The minimum atomic E-state index is -0.533. The number of aryl methyl sites for hydroxylation is 1. The lowest BCUT2D eigenvalue weighted by atomic mass is 9.77. The van der Waals surface area contributed by atoms with E-state index in [0.717, 1.165) is 35.5 Å². The Balaban J connectivity index is 1.88. The number of fused-ring (bicyclic) bond motifs is 2. The van der Waals surface area contributed by atoms with Crippen LogP contribution in [-0.4, -0.2) is 36.0 Å². The molecule has 1 aromatic rings. The molecule has 26 heavy (non-hydrogen) atoms. The summed E-state index contributed by atoms with van der Waals surface area (Å²) in [6, 6.07) is 4.53. The summed E-state index contributed by atoms with van der Waals surface area (Å²) < 4.78 is 12.5. The van der Waals surface area contributed by atoms with Crippen molar-refractivity contribution in [3.63, 3.8) is 0 Å². The highest BCUT2D eigenvalue weighted by Gasteiger charge is 2.37. The second-order valence-corrected chi connectivity index (χ2v) is 8.44. The maximum absolute atomic E-state index is 10.2. The molecule has 1 heterocycles. The van der Waals surface area contributed by atoms with Crippen LogP contribution in [0.5, 0.6) is 11.5 Å². The quantitative estimate of drug-likeness (QED) is 0.798. The van der Waals surface area contributed by atoms with E-state index < -0.39 is 6.10 Å². The number of aliphatic hydroxyl groups excluding tert-OH is 1. The van der Waals surface area contributed by atoms with E-state index >= 15 is 0 Å². The van der Waals surface area contributed by atoms with Crippen molar-refractivity contribution in [1.29, 1.82) is 0 Å². The summed E-state index contributed by atoms with van der Waals surface area (Å²) in [5, 5.41) is 13.5. The van der Waals surface area contributed by atoms with Gasteiger partial charge in [-0.25, -0.2) is 0 Å². The van der Waals surface area contributed by atoms with Crippen LogP contribution in [0.1, 0.15) is 64.5 Å². The number of hydrogen-bond donors (Lipinski definition) is 2. The molecule has 3 rings (SSSR count). The number of aliphatic hydroxyl groups is 1. The second kappa shape index (κ2) is 7.61. The van der Waals surface area contributed by atoms with Gasteiger partial charge in [-0.05, 0) is 75.3 Å². The van der Waals surface area contributed by atoms with Crippen LogP contribution in [0.15, 0.2) is 17.7 Å². The molecule has 4 nitrogen and oxygen atoms in total. The molecule has 4 heteroatoms. The minimum Gasteiger partial charge on any atom is -0.490 e. The molecule has 1 aliphatic heterocycles. The molecule has 1 atom stereocenters. The van der Waals surface area contributed by atoms with Gasteiger partial charge >= 0.3 is 0 Å². The lowest BCUT2D eigenvalue weighted by molar-refractivity contribution is 0.102. The molecule has 0 saturated carbocycles. The Morgan fingerprint density at radius 1 is 1.23 bits per heavy atom. The molecule has 1 unspecified atom stereocenters. The van der Waals surface area contributed by atoms with Gasteiger partial charge in [-0.2, -0.15) is 0 Å². The molecule has 0 amide bonds. The number of benzene rings is 1. The topological polar surface area (TPSA) is 50.7 Å². The number of nitrogens with one attached hydrogen (secondary N) is 1. The normalized spacial score (nSPS) is 19.7. The zero-order valence-electron chi connectivity index (χ0n) is 16.8. The van der Waals surface area contributed by atoms with Gasteiger partial charge < -0.3 is 19.9 Å². The molecule has 2 N–H and O–H groups in total. The standard InChI is InChI=1S/C22H33NO3/c1-14(2)23-12-16(24)13-25-19-10-15(3)11-20-21(19)17-8-6-7-9-18(17)22(4,5)26-20/h10-11,14,16,23-24H,6-9,12-13H2,1-5H3. The van der Waals surface area contributed by atoms with E-state index in [0.29, 0.717) is 12.6 Å². The van der Waals surface area contributed by atoms with E-state index in [-0.39, 0.29) is 12.2 Å². The largest absolute Gasteiger partial charge is 0.490 e. The molecular weight excluding hydrogens is 326 g/mol. The van der Waals surface area contributed by atoms with Crippen LogP contribution in [0.2, 0.25) is 0 Å². The molecule has 0 fully saturated rings. The van der Waals surface area contributed by atoms with Crippen LogP contribution in [-0.2, 0) is 0 Å². The second-order valence-electron chi connectivity index (χ2n) is 8.44. The Labute approximate surface area is 157 Å². The number of rotatable bonds is 6. The predicted octanol–water partition coefficient (Wildman–Crippen LogP) is 4.23. The average molecular weight is 360 g/mol. The predicted molar refractivity (Wildman–Crippen MR) is 106 cm³/mol.